The second kappa shape index (κ2) is 6.36. The van der Waals surface area contributed by atoms with Crippen LogP contribution in [0.15, 0.2) is 42.5 Å². The number of fused-ring (bicyclic) bond motifs is 3. The van der Waals surface area contributed by atoms with Crippen LogP contribution in [0.1, 0.15) is 36.8 Å². The van der Waals surface area contributed by atoms with E-state index in [2.05, 4.69) is 41.7 Å². The van der Waals surface area contributed by atoms with E-state index in [9.17, 15) is 9.59 Å². The summed E-state index contributed by atoms with van der Waals surface area (Å²) in [6, 6.07) is 14.4. The van der Waals surface area contributed by atoms with E-state index in [-0.39, 0.29) is 11.9 Å². The van der Waals surface area contributed by atoms with Gasteiger partial charge in [-0.3, -0.25) is 4.79 Å². The molecule has 3 aliphatic rings. The maximum absolute atomic E-state index is 13.1. The second-order valence-corrected chi connectivity index (χ2v) is 8.25. The van der Waals surface area contributed by atoms with Gasteiger partial charge in [-0.1, -0.05) is 30.3 Å². The van der Waals surface area contributed by atoms with Crippen LogP contribution in [0.5, 0.6) is 0 Å². The summed E-state index contributed by atoms with van der Waals surface area (Å²) >= 11 is 0. The molecule has 2 aliphatic heterocycles. The van der Waals surface area contributed by atoms with Crippen molar-refractivity contribution >= 4 is 17.6 Å². The van der Waals surface area contributed by atoms with Crippen molar-refractivity contribution in [2.45, 2.75) is 37.6 Å². The highest BCUT2D eigenvalue weighted by molar-refractivity contribution is 5.97. The van der Waals surface area contributed by atoms with Crippen molar-refractivity contribution in [2.24, 2.45) is 0 Å². The number of likely N-dealkylation sites (N-methyl/N-ethyl adjacent to an activating group) is 1. The van der Waals surface area contributed by atoms with Gasteiger partial charge in [0.25, 0.3) is 0 Å². The Labute approximate surface area is 165 Å². The molecule has 2 fully saturated rings. The first-order chi connectivity index (χ1) is 13.6. The molecule has 2 aromatic rings. The first-order valence-corrected chi connectivity index (χ1v) is 10.1. The minimum absolute atomic E-state index is 0.0933. The molecule has 0 aromatic heterocycles. The fourth-order valence-corrected chi connectivity index (χ4v) is 5.24. The molecule has 5 nitrogen and oxygen atoms in total. The van der Waals surface area contributed by atoms with Gasteiger partial charge in [0, 0.05) is 25.8 Å². The predicted molar refractivity (Wildman–Crippen MR) is 109 cm³/mol. The standard InChI is InChI=1S/C23H25N3O2/c1-25-12-4-10-23(21(25)27)11-5-13-26(23)22(28)24-18-8-9-20-17(15-18)14-16-6-2-3-7-19(16)20/h2-3,6-9,15H,4-5,10-14H2,1H3,(H,24,28). The van der Waals surface area contributed by atoms with Crippen LogP contribution in [0.2, 0.25) is 0 Å². The smallest absolute Gasteiger partial charge is 0.322 e. The number of anilines is 1. The molecule has 1 atom stereocenters. The molecule has 28 heavy (non-hydrogen) atoms. The zero-order valence-corrected chi connectivity index (χ0v) is 16.2. The summed E-state index contributed by atoms with van der Waals surface area (Å²) in [5, 5.41) is 3.06. The molecule has 5 heteroatoms. The van der Waals surface area contributed by atoms with Crippen LogP contribution in [-0.2, 0) is 11.2 Å². The van der Waals surface area contributed by atoms with Gasteiger partial charge in [0.05, 0.1) is 0 Å². The molecule has 0 radical (unpaired) electrons. The van der Waals surface area contributed by atoms with Gasteiger partial charge in [0.1, 0.15) is 5.54 Å². The van der Waals surface area contributed by atoms with E-state index in [0.717, 1.165) is 44.3 Å². The zero-order chi connectivity index (χ0) is 19.3. The van der Waals surface area contributed by atoms with E-state index in [0.29, 0.717) is 6.54 Å². The van der Waals surface area contributed by atoms with Gasteiger partial charge in [-0.05, 0) is 66.5 Å². The first-order valence-electron chi connectivity index (χ1n) is 10.1. The van der Waals surface area contributed by atoms with Crippen molar-refractivity contribution in [3.05, 3.63) is 53.6 Å². The lowest BCUT2D eigenvalue weighted by atomic mass is 9.86. The molecule has 5 rings (SSSR count). The molecule has 2 aromatic carbocycles. The van der Waals surface area contributed by atoms with Gasteiger partial charge < -0.3 is 15.1 Å². The monoisotopic (exact) mass is 375 g/mol. The molecule has 1 N–H and O–H groups in total. The third-order valence-corrected chi connectivity index (χ3v) is 6.61. The average Bonchev–Trinajstić information content (AvgIpc) is 3.27. The molecule has 0 bridgehead atoms. The number of hydrogen-bond donors (Lipinski definition) is 1. The van der Waals surface area contributed by atoms with Crippen LogP contribution < -0.4 is 5.32 Å². The van der Waals surface area contributed by atoms with Crippen molar-refractivity contribution in [3.63, 3.8) is 0 Å². The van der Waals surface area contributed by atoms with Crippen molar-refractivity contribution in [1.29, 1.82) is 0 Å². The number of hydrogen-bond acceptors (Lipinski definition) is 2. The van der Waals surface area contributed by atoms with E-state index < -0.39 is 5.54 Å². The fraction of sp³-hybridized carbons (Fsp3) is 0.391. The average molecular weight is 375 g/mol. The maximum Gasteiger partial charge on any atom is 0.322 e. The van der Waals surface area contributed by atoms with Gasteiger partial charge in [-0.2, -0.15) is 0 Å². The topological polar surface area (TPSA) is 52.6 Å². The summed E-state index contributed by atoms with van der Waals surface area (Å²) in [6.07, 6.45) is 4.26. The summed E-state index contributed by atoms with van der Waals surface area (Å²) in [7, 11) is 1.84. The highest BCUT2D eigenvalue weighted by atomic mass is 16.2. The van der Waals surface area contributed by atoms with Gasteiger partial charge in [-0.15, -0.1) is 0 Å². The molecule has 2 heterocycles. The molecule has 1 aliphatic carbocycles. The Hall–Kier alpha value is -2.82. The highest BCUT2D eigenvalue weighted by Gasteiger charge is 2.52. The highest BCUT2D eigenvalue weighted by Crippen LogP contribution is 2.40. The minimum Gasteiger partial charge on any atom is -0.344 e. The SMILES string of the molecule is CN1CCCC2(CCCN2C(=O)Nc2ccc3c(c2)Cc2ccccc2-3)C1=O. The predicted octanol–water partition coefficient (Wildman–Crippen LogP) is 3.88. The number of carbonyl (C=O) groups is 2. The Kier molecular flexibility index (Phi) is 3.93. The summed E-state index contributed by atoms with van der Waals surface area (Å²) in [6.45, 7) is 1.42. The van der Waals surface area contributed by atoms with Gasteiger partial charge in [-0.25, -0.2) is 4.79 Å². The number of nitrogens with zero attached hydrogens (tertiary/aromatic N) is 2. The number of carbonyl (C=O) groups excluding carboxylic acids is 2. The summed E-state index contributed by atoms with van der Waals surface area (Å²) < 4.78 is 0. The third-order valence-electron chi connectivity index (χ3n) is 6.61. The van der Waals surface area contributed by atoms with E-state index in [1.807, 2.05) is 13.1 Å². The van der Waals surface area contributed by atoms with Crippen LogP contribution in [0.25, 0.3) is 11.1 Å². The normalized spacial score (nSPS) is 23.1. The van der Waals surface area contributed by atoms with Crippen LogP contribution in [0.4, 0.5) is 10.5 Å². The van der Waals surface area contributed by atoms with Crippen LogP contribution in [-0.4, -0.2) is 47.4 Å². The quantitative estimate of drug-likeness (QED) is 0.702. The zero-order valence-electron chi connectivity index (χ0n) is 16.2. The number of piperidine rings is 1. The first kappa shape index (κ1) is 17.3. The maximum atomic E-state index is 13.1. The summed E-state index contributed by atoms with van der Waals surface area (Å²) in [5.41, 5.74) is 5.25. The van der Waals surface area contributed by atoms with E-state index in [1.165, 1.54) is 22.3 Å². The third kappa shape index (κ3) is 2.53. The lowest BCUT2D eigenvalue weighted by molar-refractivity contribution is -0.143. The van der Waals surface area contributed by atoms with Gasteiger partial charge in [0.2, 0.25) is 5.91 Å². The summed E-state index contributed by atoms with van der Waals surface area (Å²) in [5.74, 6) is 0.0933. The van der Waals surface area contributed by atoms with Gasteiger partial charge in [0.15, 0.2) is 0 Å². The molecule has 1 unspecified atom stereocenters. The molecule has 1 spiro atoms. The second-order valence-electron chi connectivity index (χ2n) is 8.25. The lowest BCUT2D eigenvalue weighted by Gasteiger charge is -2.43. The molecule has 2 saturated heterocycles. The van der Waals surface area contributed by atoms with E-state index in [1.54, 1.807) is 9.80 Å². The molecular formula is C23H25N3O2. The Balaban J connectivity index is 1.38. The molecule has 0 saturated carbocycles. The Morgan fingerprint density at radius 1 is 1.00 bits per heavy atom. The van der Waals surface area contributed by atoms with Crippen LogP contribution in [0.3, 0.4) is 0 Å². The number of benzene rings is 2. The summed E-state index contributed by atoms with van der Waals surface area (Å²) in [4.78, 5) is 29.6. The van der Waals surface area contributed by atoms with Crippen molar-refractivity contribution in [1.82, 2.24) is 9.80 Å². The Morgan fingerprint density at radius 3 is 2.61 bits per heavy atom. The van der Waals surface area contributed by atoms with Gasteiger partial charge >= 0.3 is 6.03 Å². The molecular weight excluding hydrogens is 350 g/mol. The Bertz CT molecular complexity index is 970. The number of likely N-dealkylation sites (tertiary alicyclic amines) is 2. The van der Waals surface area contributed by atoms with Crippen LogP contribution in [0, 0.1) is 0 Å². The van der Waals surface area contributed by atoms with E-state index in [4.69, 9.17) is 0 Å². The van der Waals surface area contributed by atoms with Crippen molar-refractivity contribution in [2.75, 3.05) is 25.5 Å². The Morgan fingerprint density at radius 2 is 1.75 bits per heavy atom. The largest absolute Gasteiger partial charge is 0.344 e. The van der Waals surface area contributed by atoms with Crippen LogP contribution >= 0.6 is 0 Å². The number of amides is 3. The fourth-order valence-electron chi connectivity index (χ4n) is 5.24. The molecule has 144 valence electrons. The van der Waals surface area contributed by atoms with Crippen molar-refractivity contribution in [3.8, 4) is 11.1 Å². The number of nitrogens with one attached hydrogen (secondary N) is 1. The number of rotatable bonds is 1. The number of urea groups is 1. The van der Waals surface area contributed by atoms with E-state index >= 15 is 0 Å². The molecule has 3 amide bonds. The lowest BCUT2D eigenvalue weighted by Crippen LogP contribution is -2.61. The minimum atomic E-state index is -0.649. The van der Waals surface area contributed by atoms with Crippen molar-refractivity contribution < 1.29 is 9.59 Å².